The van der Waals surface area contributed by atoms with Crippen molar-refractivity contribution in [1.29, 1.82) is 0 Å². The lowest BCUT2D eigenvalue weighted by Crippen LogP contribution is -2.39. The van der Waals surface area contributed by atoms with Crippen molar-refractivity contribution in [2.75, 3.05) is 35.6 Å². The van der Waals surface area contributed by atoms with Crippen LogP contribution in [0, 0.1) is 0 Å². The Morgan fingerprint density at radius 3 is 2.68 bits per heavy atom. The first kappa shape index (κ1) is 21.3. The number of aromatic nitrogens is 2. The van der Waals surface area contributed by atoms with E-state index in [1.807, 2.05) is 11.8 Å². The maximum Gasteiger partial charge on any atom is 0.322 e. The minimum absolute atomic E-state index is 0.126. The first-order valence-electron chi connectivity index (χ1n) is 11.0. The van der Waals surface area contributed by atoms with Crippen molar-refractivity contribution in [3.8, 4) is 6.01 Å². The van der Waals surface area contributed by atoms with Crippen LogP contribution in [-0.4, -0.2) is 46.6 Å². The van der Waals surface area contributed by atoms with Gasteiger partial charge in [-0.25, -0.2) is 0 Å². The third kappa shape index (κ3) is 5.23. The number of nitrogens with zero attached hydrogens (tertiary/aromatic N) is 4. The molecule has 1 aromatic heterocycles. The summed E-state index contributed by atoms with van der Waals surface area (Å²) in [6.45, 7) is 6.01. The summed E-state index contributed by atoms with van der Waals surface area (Å²) in [5.74, 6) is 0.577. The summed E-state index contributed by atoms with van der Waals surface area (Å²) in [5.41, 5.74) is 14.9. The van der Waals surface area contributed by atoms with E-state index in [9.17, 15) is 4.79 Å². The number of amides is 1. The average molecular weight is 426 g/mol. The summed E-state index contributed by atoms with van der Waals surface area (Å²) in [7, 11) is 0. The number of anilines is 3. The largest absolute Gasteiger partial charge is 0.444 e. The molecule has 2 aromatic rings. The lowest BCUT2D eigenvalue weighted by Gasteiger charge is -2.30. The molecule has 31 heavy (non-hydrogen) atoms. The van der Waals surface area contributed by atoms with Crippen molar-refractivity contribution in [2.45, 2.75) is 51.9 Å². The van der Waals surface area contributed by atoms with Crippen LogP contribution in [0.3, 0.4) is 0 Å². The summed E-state index contributed by atoms with van der Waals surface area (Å²) >= 11 is 0. The third-order valence-electron chi connectivity index (χ3n) is 5.60. The Balaban J connectivity index is 1.55. The molecule has 9 heteroatoms. The van der Waals surface area contributed by atoms with Crippen LogP contribution in [0.25, 0.3) is 0 Å². The van der Waals surface area contributed by atoms with Crippen LogP contribution < -0.4 is 26.4 Å². The van der Waals surface area contributed by atoms with E-state index in [4.69, 9.17) is 16.2 Å². The van der Waals surface area contributed by atoms with Gasteiger partial charge in [0.15, 0.2) is 17.9 Å². The Morgan fingerprint density at radius 1 is 1.19 bits per heavy atom. The molecule has 1 atom stereocenters. The number of nitrogens with two attached hydrogens (primary N) is 2. The van der Waals surface area contributed by atoms with Gasteiger partial charge in [-0.15, -0.1) is 0 Å². The Hall–Kier alpha value is -2.91. The Morgan fingerprint density at radius 2 is 1.94 bits per heavy atom. The molecular formula is C22H31N7O2. The maximum atomic E-state index is 12.3. The van der Waals surface area contributed by atoms with Crippen LogP contribution in [-0.2, 0) is 17.9 Å². The lowest BCUT2D eigenvalue weighted by molar-refractivity contribution is -0.115. The quantitative estimate of drug-likeness (QED) is 0.550. The van der Waals surface area contributed by atoms with Gasteiger partial charge in [-0.2, -0.15) is 9.97 Å². The van der Waals surface area contributed by atoms with E-state index in [0.29, 0.717) is 24.5 Å². The van der Waals surface area contributed by atoms with Gasteiger partial charge in [0.25, 0.3) is 0 Å². The number of carbonyl (C=O) groups is 1. The molecule has 4 rings (SSSR count). The minimum atomic E-state index is -0.503. The van der Waals surface area contributed by atoms with Crippen LogP contribution in [0.1, 0.15) is 43.7 Å². The highest BCUT2D eigenvalue weighted by atomic mass is 16.5. The zero-order valence-electron chi connectivity index (χ0n) is 18.0. The van der Waals surface area contributed by atoms with E-state index in [1.165, 1.54) is 18.4 Å². The molecule has 1 fully saturated rings. The van der Waals surface area contributed by atoms with Gasteiger partial charge in [-0.3, -0.25) is 15.4 Å². The number of benzene rings is 1. The highest BCUT2D eigenvalue weighted by Gasteiger charge is 2.28. The lowest BCUT2D eigenvalue weighted by atomic mass is 10.1. The summed E-state index contributed by atoms with van der Waals surface area (Å²) in [4.78, 5) is 25.4. The molecule has 1 saturated heterocycles. The number of hydrogen-bond donors (Lipinski definition) is 3. The molecule has 5 N–H and O–H groups in total. The standard InChI is InChI=1S/C22H31N7O2/c1-2-6-17(23)31-22-26-20(24)19-21(27-22)29(14-18(30)25-19)13-16-8-5-7-15(11-16)12-28-9-3-4-10-28/h5,7-8,11,17H,2-4,6,9-10,12-14,23H2,1H3,(H,25,30)(H2,24,26,27). The predicted molar refractivity (Wildman–Crippen MR) is 121 cm³/mol. The minimum Gasteiger partial charge on any atom is -0.444 e. The molecule has 1 unspecified atom stereocenters. The van der Waals surface area contributed by atoms with Crippen molar-refractivity contribution >= 4 is 23.2 Å². The first-order chi connectivity index (χ1) is 15.0. The normalized spacial score (nSPS) is 17.4. The van der Waals surface area contributed by atoms with Crippen molar-refractivity contribution in [3.05, 3.63) is 35.4 Å². The number of nitrogen functional groups attached to an aromatic ring is 1. The number of rotatable bonds is 8. The first-order valence-corrected chi connectivity index (χ1v) is 11.0. The number of carbonyl (C=O) groups excluding carboxylic acids is 1. The van der Waals surface area contributed by atoms with Crippen LogP contribution in [0.15, 0.2) is 24.3 Å². The van der Waals surface area contributed by atoms with Crippen LogP contribution >= 0.6 is 0 Å². The smallest absolute Gasteiger partial charge is 0.322 e. The van der Waals surface area contributed by atoms with Gasteiger partial charge in [0, 0.05) is 13.1 Å². The summed E-state index contributed by atoms with van der Waals surface area (Å²) in [6.07, 6.45) is 3.61. The van der Waals surface area contributed by atoms with Crippen molar-refractivity contribution < 1.29 is 9.53 Å². The van der Waals surface area contributed by atoms with E-state index in [1.54, 1.807) is 0 Å². The van der Waals surface area contributed by atoms with Gasteiger partial charge in [0.2, 0.25) is 5.91 Å². The number of ether oxygens (including phenoxy) is 1. The summed E-state index contributed by atoms with van der Waals surface area (Å²) < 4.78 is 5.65. The number of likely N-dealkylation sites (tertiary alicyclic amines) is 1. The summed E-state index contributed by atoms with van der Waals surface area (Å²) in [6, 6.07) is 8.61. The van der Waals surface area contributed by atoms with Gasteiger partial charge in [0.05, 0.1) is 6.54 Å². The second-order valence-corrected chi connectivity index (χ2v) is 8.24. The molecule has 1 aromatic carbocycles. The monoisotopic (exact) mass is 425 g/mol. The average Bonchev–Trinajstić information content (AvgIpc) is 3.22. The van der Waals surface area contributed by atoms with Gasteiger partial charge >= 0.3 is 6.01 Å². The van der Waals surface area contributed by atoms with Gasteiger partial charge in [-0.1, -0.05) is 37.6 Å². The fourth-order valence-corrected chi connectivity index (χ4v) is 4.13. The highest BCUT2D eigenvalue weighted by Crippen LogP contribution is 2.34. The molecule has 0 bridgehead atoms. The van der Waals surface area contributed by atoms with Crippen LogP contribution in [0.2, 0.25) is 0 Å². The SMILES string of the molecule is CCCC(N)Oc1nc(N)c2c(n1)N(Cc1cccc(CN3CCCC3)c1)CC(=O)N2. The van der Waals surface area contributed by atoms with E-state index in [0.717, 1.165) is 31.6 Å². The zero-order valence-corrected chi connectivity index (χ0v) is 18.0. The zero-order chi connectivity index (χ0) is 21.8. The van der Waals surface area contributed by atoms with E-state index < -0.39 is 6.23 Å². The number of hydrogen-bond acceptors (Lipinski definition) is 8. The number of fused-ring (bicyclic) bond motifs is 1. The summed E-state index contributed by atoms with van der Waals surface area (Å²) in [5, 5.41) is 2.79. The van der Waals surface area contributed by atoms with Gasteiger partial charge in [0.1, 0.15) is 5.69 Å². The molecule has 9 nitrogen and oxygen atoms in total. The maximum absolute atomic E-state index is 12.3. The molecule has 0 radical (unpaired) electrons. The molecule has 2 aliphatic heterocycles. The Labute approximate surface area is 182 Å². The van der Waals surface area contributed by atoms with Crippen molar-refractivity contribution in [3.63, 3.8) is 0 Å². The molecule has 0 spiro atoms. The molecule has 1 amide bonds. The second-order valence-electron chi connectivity index (χ2n) is 8.24. The third-order valence-corrected chi connectivity index (χ3v) is 5.60. The molecule has 3 heterocycles. The highest BCUT2D eigenvalue weighted by molar-refractivity contribution is 6.03. The Kier molecular flexibility index (Phi) is 6.53. The molecular weight excluding hydrogens is 394 g/mol. The fourth-order valence-electron chi connectivity index (χ4n) is 4.13. The molecule has 2 aliphatic rings. The van der Waals surface area contributed by atoms with Gasteiger partial charge in [-0.05, 0) is 43.5 Å². The Bertz CT molecular complexity index is 930. The van der Waals surface area contributed by atoms with Crippen molar-refractivity contribution in [1.82, 2.24) is 14.9 Å². The predicted octanol–water partition coefficient (Wildman–Crippen LogP) is 2.08. The molecule has 0 saturated carbocycles. The molecule has 166 valence electrons. The van der Waals surface area contributed by atoms with Crippen molar-refractivity contribution in [2.24, 2.45) is 5.73 Å². The molecule has 0 aliphatic carbocycles. The van der Waals surface area contributed by atoms with E-state index in [-0.39, 0.29) is 24.3 Å². The number of nitrogens with one attached hydrogen (secondary N) is 1. The topological polar surface area (TPSA) is 123 Å². The van der Waals surface area contributed by atoms with Crippen LogP contribution in [0.4, 0.5) is 17.3 Å². The second kappa shape index (κ2) is 9.49. The van der Waals surface area contributed by atoms with E-state index >= 15 is 0 Å². The van der Waals surface area contributed by atoms with E-state index in [2.05, 4.69) is 44.5 Å². The fraction of sp³-hybridized carbons (Fsp3) is 0.500. The van der Waals surface area contributed by atoms with Gasteiger partial charge < -0.3 is 20.7 Å². The van der Waals surface area contributed by atoms with Crippen LogP contribution in [0.5, 0.6) is 6.01 Å².